The molecule has 2 atom stereocenters. The summed E-state index contributed by atoms with van der Waals surface area (Å²) < 4.78 is 7.79. The number of morpholine rings is 1. The highest BCUT2D eigenvalue weighted by Crippen LogP contribution is 2.31. The van der Waals surface area contributed by atoms with Crippen LogP contribution in [0.4, 0.5) is 5.82 Å². The topological polar surface area (TPSA) is 55.6 Å². The van der Waals surface area contributed by atoms with Crippen molar-refractivity contribution in [1.82, 2.24) is 19.8 Å². The highest BCUT2D eigenvalue weighted by molar-refractivity contribution is 7.08. The molecule has 0 bridgehead atoms. The van der Waals surface area contributed by atoms with Crippen molar-refractivity contribution in [3.63, 3.8) is 0 Å². The molecule has 5 rings (SSSR count). The number of hydrogen-bond acceptors (Lipinski definition) is 6. The van der Waals surface area contributed by atoms with Gasteiger partial charge < -0.3 is 9.64 Å². The summed E-state index contributed by atoms with van der Waals surface area (Å²) in [5, 5.41) is 17.6. The van der Waals surface area contributed by atoms with Gasteiger partial charge in [-0.05, 0) is 36.1 Å². The largest absolute Gasteiger partial charge is 0.374 e. The zero-order valence-corrected chi connectivity index (χ0v) is 15.7. The first-order valence-electron chi connectivity index (χ1n) is 8.98. The second-order valence-corrected chi connectivity index (χ2v) is 7.50. The van der Waals surface area contributed by atoms with Gasteiger partial charge in [-0.2, -0.15) is 15.9 Å². The maximum atomic E-state index is 5.95. The Hall–Kier alpha value is -2.77. The summed E-state index contributed by atoms with van der Waals surface area (Å²) in [6.45, 7) is 3.53. The van der Waals surface area contributed by atoms with Crippen LogP contribution in [0.2, 0.25) is 0 Å². The molecular weight excluding hydrogens is 358 g/mol. The van der Waals surface area contributed by atoms with Crippen LogP contribution in [0.1, 0.15) is 18.5 Å². The van der Waals surface area contributed by atoms with E-state index in [4.69, 9.17) is 9.84 Å². The molecule has 0 radical (unpaired) electrons. The van der Waals surface area contributed by atoms with Gasteiger partial charge in [-0.3, -0.25) is 0 Å². The number of hydrogen-bond donors (Lipinski definition) is 0. The number of benzene rings is 1. The molecule has 2 unspecified atom stereocenters. The highest BCUT2D eigenvalue weighted by atomic mass is 32.1. The molecule has 1 aliphatic heterocycles. The molecule has 0 spiro atoms. The lowest BCUT2D eigenvalue weighted by atomic mass is 10.0. The fourth-order valence-electron chi connectivity index (χ4n) is 3.51. The fraction of sp³-hybridized carbons (Fsp3) is 0.250. The van der Waals surface area contributed by atoms with E-state index in [1.807, 2.05) is 34.2 Å². The van der Waals surface area contributed by atoms with Gasteiger partial charge >= 0.3 is 0 Å². The van der Waals surface area contributed by atoms with Crippen molar-refractivity contribution in [1.29, 1.82) is 0 Å². The Balaban J connectivity index is 1.59. The maximum absolute atomic E-state index is 5.95. The van der Waals surface area contributed by atoms with Gasteiger partial charge in [-0.25, -0.2) is 0 Å². The molecule has 1 fully saturated rings. The highest BCUT2D eigenvalue weighted by Gasteiger charge is 2.29. The number of thiophene rings is 1. The summed E-state index contributed by atoms with van der Waals surface area (Å²) in [4.78, 5) is 2.32. The van der Waals surface area contributed by atoms with Crippen molar-refractivity contribution in [3.8, 4) is 11.4 Å². The first-order chi connectivity index (χ1) is 13.3. The van der Waals surface area contributed by atoms with Crippen molar-refractivity contribution < 1.29 is 4.74 Å². The van der Waals surface area contributed by atoms with E-state index in [-0.39, 0.29) is 12.1 Å². The van der Waals surface area contributed by atoms with Crippen LogP contribution in [-0.4, -0.2) is 39.1 Å². The van der Waals surface area contributed by atoms with E-state index in [9.17, 15) is 0 Å². The van der Waals surface area contributed by atoms with Gasteiger partial charge in [0.2, 0.25) is 0 Å². The monoisotopic (exact) mass is 377 g/mol. The Bertz CT molecular complexity index is 1050. The van der Waals surface area contributed by atoms with Crippen molar-refractivity contribution in [2.45, 2.75) is 19.1 Å². The molecule has 7 heteroatoms. The second-order valence-electron chi connectivity index (χ2n) is 6.72. The molecule has 4 heterocycles. The predicted octanol–water partition coefficient (Wildman–Crippen LogP) is 3.82. The lowest BCUT2D eigenvalue weighted by molar-refractivity contribution is 0.0299. The third-order valence-electron chi connectivity index (χ3n) is 4.88. The summed E-state index contributed by atoms with van der Waals surface area (Å²) in [5.74, 6) is 1.67. The number of ether oxygens (including phenoxy) is 1. The number of anilines is 1. The second kappa shape index (κ2) is 6.75. The smallest absolute Gasteiger partial charge is 0.186 e. The molecule has 0 aliphatic carbocycles. The van der Waals surface area contributed by atoms with E-state index in [0.29, 0.717) is 6.61 Å². The lowest BCUT2D eigenvalue weighted by Gasteiger charge is -2.39. The van der Waals surface area contributed by atoms with Crippen LogP contribution in [-0.2, 0) is 4.74 Å². The van der Waals surface area contributed by atoms with Crippen molar-refractivity contribution in [3.05, 3.63) is 64.9 Å². The fourth-order valence-corrected chi connectivity index (χ4v) is 4.15. The Labute approximate surface area is 161 Å². The Morgan fingerprint density at radius 1 is 1.07 bits per heavy atom. The van der Waals surface area contributed by atoms with Crippen molar-refractivity contribution in [2.24, 2.45) is 0 Å². The molecular formula is C20H19N5OS. The third kappa shape index (κ3) is 2.98. The van der Waals surface area contributed by atoms with Gasteiger partial charge in [-0.1, -0.05) is 30.3 Å². The first kappa shape index (κ1) is 16.4. The van der Waals surface area contributed by atoms with E-state index in [1.54, 1.807) is 11.3 Å². The van der Waals surface area contributed by atoms with Gasteiger partial charge in [0.25, 0.3) is 0 Å². The molecule has 6 nitrogen and oxygen atoms in total. The van der Waals surface area contributed by atoms with E-state index >= 15 is 0 Å². The molecule has 1 aliphatic rings. The van der Waals surface area contributed by atoms with Crippen LogP contribution >= 0.6 is 11.3 Å². The molecule has 27 heavy (non-hydrogen) atoms. The maximum Gasteiger partial charge on any atom is 0.186 e. The van der Waals surface area contributed by atoms with Crippen LogP contribution in [0.5, 0.6) is 0 Å². The molecule has 0 saturated carbocycles. The predicted molar refractivity (Wildman–Crippen MR) is 106 cm³/mol. The van der Waals surface area contributed by atoms with Crippen LogP contribution in [0.15, 0.2) is 59.3 Å². The lowest BCUT2D eigenvalue weighted by Crippen LogP contribution is -2.44. The van der Waals surface area contributed by atoms with E-state index in [2.05, 4.69) is 51.7 Å². The Morgan fingerprint density at radius 3 is 2.78 bits per heavy atom. The van der Waals surface area contributed by atoms with Crippen LogP contribution < -0.4 is 4.90 Å². The van der Waals surface area contributed by atoms with Gasteiger partial charge in [0, 0.05) is 17.5 Å². The van der Waals surface area contributed by atoms with Gasteiger partial charge in [0.15, 0.2) is 11.5 Å². The third-order valence-corrected chi connectivity index (χ3v) is 5.56. The Morgan fingerprint density at radius 2 is 1.96 bits per heavy atom. The van der Waals surface area contributed by atoms with E-state index < -0.39 is 0 Å². The minimum Gasteiger partial charge on any atom is -0.374 e. The normalized spacial score (nSPS) is 20.3. The summed E-state index contributed by atoms with van der Waals surface area (Å²) in [5.41, 5.74) is 3.01. The van der Waals surface area contributed by atoms with Gasteiger partial charge in [-0.15, -0.1) is 15.3 Å². The molecule has 1 saturated heterocycles. The molecule has 3 aromatic heterocycles. The quantitative estimate of drug-likeness (QED) is 0.543. The summed E-state index contributed by atoms with van der Waals surface area (Å²) in [6, 6.07) is 16.6. The molecule has 4 aromatic rings. The van der Waals surface area contributed by atoms with Crippen LogP contribution in [0.3, 0.4) is 0 Å². The minimum atomic E-state index is 0.133. The van der Waals surface area contributed by atoms with Crippen molar-refractivity contribution >= 4 is 22.8 Å². The average molecular weight is 377 g/mol. The number of nitrogens with zero attached hydrogens (tertiary/aromatic N) is 5. The summed E-state index contributed by atoms with van der Waals surface area (Å²) >= 11 is 1.64. The molecule has 136 valence electrons. The standard InChI is InChI=1S/C20H19N5OS/c1-14-11-24(17(12-26-14)15-5-3-2-4-6-15)19-8-7-18-21-22-20(25(18)23-19)16-9-10-27-13-16/h2-10,13-14,17H,11-12H2,1H3. The number of aromatic nitrogens is 4. The van der Waals surface area contributed by atoms with Crippen LogP contribution in [0, 0.1) is 0 Å². The van der Waals surface area contributed by atoms with E-state index in [0.717, 1.165) is 29.4 Å². The van der Waals surface area contributed by atoms with Crippen molar-refractivity contribution in [2.75, 3.05) is 18.1 Å². The average Bonchev–Trinajstić information content (AvgIpc) is 3.37. The molecule has 1 aromatic carbocycles. The van der Waals surface area contributed by atoms with E-state index in [1.165, 1.54) is 5.56 Å². The zero-order valence-electron chi connectivity index (χ0n) is 14.9. The first-order valence-corrected chi connectivity index (χ1v) is 9.92. The number of fused-ring (bicyclic) bond motifs is 1. The Kier molecular flexibility index (Phi) is 4.10. The van der Waals surface area contributed by atoms with Gasteiger partial charge in [0.05, 0.1) is 18.8 Å². The zero-order chi connectivity index (χ0) is 18.2. The molecule has 0 N–H and O–H groups in total. The summed E-state index contributed by atoms with van der Waals surface area (Å²) in [7, 11) is 0. The minimum absolute atomic E-state index is 0.133. The molecule has 0 amide bonds. The van der Waals surface area contributed by atoms with Crippen LogP contribution in [0.25, 0.3) is 17.0 Å². The van der Waals surface area contributed by atoms with Gasteiger partial charge in [0.1, 0.15) is 5.82 Å². The SMILES string of the molecule is CC1CN(c2ccc3nnc(-c4ccsc4)n3n2)C(c2ccccc2)CO1. The summed E-state index contributed by atoms with van der Waals surface area (Å²) in [6.07, 6.45) is 0.153. The number of rotatable bonds is 3.